The van der Waals surface area contributed by atoms with Crippen LogP contribution in [0.4, 0.5) is 0 Å². The van der Waals surface area contributed by atoms with E-state index in [1.807, 2.05) is 6.07 Å². The molecule has 4 heteroatoms. The second-order valence-corrected chi connectivity index (χ2v) is 3.67. The van der Waals surface area contributed by atoms with E-state index in [2.05, 4.69) is 0 Å². The third-order valence-electron chi connectivity index (χ3n) is 1.97. The van der Waals surface area contributed by atoms with Crippen LogP contribution in [0.25, 0.3) is 10.1 Å². The highest BCUT2D eigenvalue weighted by atomic mass is 32.1. The Bertz CT molecular complexity index is 525. The normalized spacial score (nSPS) is 10.0. The number of fused-ring (bicyclic) bond motifs is 1. The molecule has 1 aromatic carbocycles. The van der Waals surface area contributed by atoms with Gasteiger partial charge in [-0.1, -0.05) is 0 Å². The van der Waals surface area contributed by atoms with E-state index in [-0.39, 0.29) is 5.75 Å². The maximum atomic E-state index is 9.50. The summed E-state index contributed by atoms with van der Waals surface area (Å²) in [4.78, 5) is 0. The van der Waals surface area contributed by atoms with Gasteiger partial charge in [0, 0.05) is 10.8 Å². The van der Waals surface area contributed by atoms with E-state index in [0.717, 1.165) is 4.70 Å². The number of hydrogen-bond donors (Lipinski definition) is 1. The molecule has 0 saturated heterocycles. The summed E-state index contributed by atoms with van der Waals surface area (Å²) in [6, 6.07) is 5.35. The van der Waals surface area contributed by atoms with Crippen molar-refractivity contribution in [2.24, 2.45) is 0 Å². The molecule has 0 bridgehead atoms. The zero-order chi connectivity index (χ0) is 10.1. The number of hydrogen-bond acceptors (Lipinski definition) is 4. The molecule has 14 heavy (non-hydrogen) atoms. The van der Waals surface area contributed by atoms with E-state index in [4.69, 9.17) is 10.00 Å². The first-order valence-electron chi connectivity index (χ1n) is 3.94. The Labute approximate surface area is 84.8 Å². The van der Waals surface area contributed by atoms with Crippen LogP contribution in [0.5, 0.6) is 11.5 Å². The predicted molar refractivity (Wildman–Crippen MR) is 54.8 cm³/mol. The van der Waals surface area contributed by atoms with Gasteiger partial charge in [-0.15, -0.1) is 11.3 Å². The Balaban J connectivity index is 2.84. The highest BCUT2D eigenvalue weighted by Crippen LogP contribution is 2.38. The van der Waals surface area contributed by atoms with Crippen molar-refractivity contribution in [2.75, 3.05) is 7.11 Å². The summed E-state index contributed by atoms with van der Waals surface area (Å²) in [6.07, 6.45) is 0. The maximum Gasteiger partial charge on any atom is 0.138 e. The third-order valence-corrected chi connectivity index (χ3v) is 2.97. The third kappa shape index (κ3) is 1.19. The summed E-state index contributed by atoms with van der Waals surface area (Å²) < 4.78 is 6.00. The smallest absolute Gasteiger partial charge is 0.138 e. The molecule has 0 aliphatic heterocycles. The number of nitrogens with zero attached hydrogens (tertiary/aromatic N) is 1. The Morgan fingerprint density at radius 2 is 2.29 bits per heavy atom. The molecule has 70 valence electrons. The van der Waals surface area contributed by atoms with Crippen LogP contribution >= 0.6 is 11.3 Å². The van der Waals surface area contributed by atoms with Crippen LogP contribution in [0.2, 0.25) is 0 Å². The Morgan fingerprint density at radius 3 is 2.93 bits per heavy atom. The van der Waals surface area contributed by atoms with Crippen molar-refractivity contribution in [2.45, 2.75) is 0 Å². The van der Waals surface area contributed by atoms with Gasteiger partial charge in [0.2, 0.25) is 0 Å². The van der Waals surface area contributed by atoms with Gasteiger partial charge >= 0.3 is 0 Å². The highest BCUT2D eigenvalue weighted by molar-refractivity contribution is 7.18. The number of benzene rings is 1. The van der Waals surface area contributed by atoms with Gasteiger partial charge < -0.3 is 9.84 Å². The van der Waals surface area contributed by atoms with Crippen LogP contribution < -0.4 is 4.74 Å². The minimum Gasteiger partial charge on any atom is -0.506 e. The monoisotopic (exact) mass is 205 g/mol. The molecule has 0 radical (unpaired) electrons. The zero-order valence-corrected chi connectivity index (χ0v) is 8.26. The lowest BCUT2D eigenvalue weighted by Gasteiger charge is -2.01. The van der Waals surface area contributed by atoms with Crippen molar-refractivity contribution in [3.63, 3.8) is 0 Å². The fourth-order valence-electron chi connectivity index (χ4n) is 1.31. The van der Waals surface area contributed by atoms with E-state index in [1.54, 1.807) is 24.6 Å². The van der Waals surface area contributed by atoms with Gasteiger partial charge in [-0.2, -0.15) is 5.26 Å². The zero-order valence-electron chi connectivity index (χ0n) is 7.44. The quantitative estimate of drug-likeness (QED) is 0.778. The molecule has 1 N–H and O–H groups in total. The average Bonchev–Trinajstić information content (AvgIpc) is 2.59. The summed E-state index contributed by atoms with van der Waals surface area (Å²) in [6.45, 7) is 0. The van der Waals surface area contributed by atoms with Gasteiger partial charge in [-0.05, 0) is 12.1 Å². The summed E-state index contributed by atoms with van der Waals surface area (Å²) >= 11 is 1.40. The van der Waals surface area contributed by atoms with Gasteiger partial charge in [-0.25, -0.2) is 0 Å². The first-order valence-corrected chi connectivity index (χ1v) is 4.82. The molecule has 1 aromatic heterocycles. The van der Waals surface area contributed by atoms with E-state index in [0.29, 0.717) is 16.7 Å². The Hall–Kier alpha value is -1.73. The SMILES string of the molecule is COc1cc(C#N)cc2c(O)csc12. The largest absolute Gasteiger partial charge is 0.506 e. The van der Waals surface area contributed by atoms with Gasteiger partial charge in [0.15, 0.2) is 0 Å². The first kappa shape index (κ1) is 8.85. The molecule has 0 amide bonds. The molecule has 0 saturated carbocycles. The number of methoxy groups -OCH3 is 1. The summed E-state index contributed by atoms with van der Waals surface area (Å²) in [5.41, 5.74) is 0.489. The fourth-order valence-corrected chi connectivity index (χ4v) is 2.21. The second-order valence-electron chi connectivity index (χ2n) is 2.79. The van der Waals surface area contributed by atoms with Crippen molar-refractivity contribution >= 4 is 21.4 Å². The summed E-state index contributed by atoms with van der Waals surface area (Å²) in [7, 11) is 1.55. The van der Waals surface area contributed by atoms with Gasteiger partial charge in [0.1, 0.15) is 11.5 Å². The molecule has 0 spiro atoms. The molecule has 0 atom stereocenters. The molecule has 2 aromatic rings. The number of rotatable bonds is 1. The van der Waals surface area contributed by atoms with E-state index >= 15 is 0 Å². The second kappa shape index (κ2) is 3.20. The number of nitriles is 1. The minimum absolute atomic E-state index is 0.195. The van der Waals surface area contributed by atoms with Crippen LogP contribution in [0.1, 0.15) is 5.56 Å². The van der Waals surface area contributed by atoms with Crippen molar-refractivity contribution in [1.29, 1.82) is 5.26 Å². The van der Waals surface area contributed by atoms with E-state index < -0.39 is 0 Å². The molecular formula is C10H7NO2S. The number of thiophene rings is 1. The lowest BCUT2D eigenvalue weighted by atomic mass is 10.1. The molecule has 0 aliphatic carbocycles. The fraction of sp³-hybridized carbons (Fsp3) is 0.100. The van der Waals surface area contributed by atoms with Gasteiger partial charge in [-0.3, -0.25) is 0 Å². The van der Waals surface area contributed by atoms with E-state index in [1.165, 1.54) is 11.3 Å². The standard InChI is InChI=1S/C10H7NO2S/c1-13-9-3-6(4-11)2-7-8(12)5-14-10(7)9/h2-3,5,12H,1H3. The van der Waals surface area contributed by atoms with Crippen molar-refractivity contribution in [1.82, 2.24) is 0 Å². The minimum atomic E-state index is 0.195. The van der Waals surface area contributed by atoms with E-state index in [9.17, 15) is 5.11 Å². The van der Waals surface area contributed by atoms with Crippen LogP contribution in [0.15, 0.2) is 17.5 Å². The summed E-state index contributed by atoms with van der Waals surface area (Å²) in [5, 5.41) is 20.6. The molecule has 2 rings (SSSR count). The van der Waals surface area contributed by atoms with Crippen molar-refractivity contribution < 1.29 is 9.84 Å². The number of aromatic hydroxyl groups is 1. The van der Waals surface area contributed by atoms with Crippen LogP contribution in [-0.2, 0) is 0 Å². The molecule has 1 heterocycles. The lowest BCUT2D eigenvalue weighted by Crippen LogP contribution is -1.84. The summed E-state index contributed by atoms with van der Waals surface area (Å²) in [5.74, 6) is 0.824. The molecule has 0 unspecified atom stereocenters. The highest BCUT2D eigenvalue weighted by Gasteiger charge is 2.09. The predicted octanol–water partition coefficient (Wildman–Crippen LogP) is 2.49. The maximum absolute atomic E-state index is 9.50. The van der Waals surface area contributed by atoms with Crippen LogP contribution in [-0.4, -0.2) is 12.2 Å². The molecule has 3 nitrogen and oxygen atoms in total. The average molecular weight is 205 g/mol. The van der Waals surface area contributed by atoms with Crippen molar-refractivity contribution in [3.05, 3.63) is 23.1 Å². The van der Waals surface area contributed by atoms with Gasteiger partial charge in [0.25, 0.3) is 0 Å². The van der Waals surface area contributed by atoms with Crippen LogP contribution in [0.3, 0.4) is 0 Å². The molecular weight excluding hydrogens is 198 g/mol. The Morgan fingerprint density at radius 1 is 1.50 bits per heavy atom. The molecule has 0 aliphatic rings. The Kier molecular flexibility index (Phi) is 2.02. The lowest BCUT2D eigenvalue weighted by molar-refractivity contribution is 0.420. The number of ether oxygens (including phenoxy) is 1. The topological polar surface area (TPSA) is 53.2 Å². The van der Waals surface area contributed by atoms with Crippen LogP contribution in [0, 0.1) is 11.3 Å². The van der Waals surface area contributed by atoms with Crippen molar-refractivity contribution in [3.8, 4) is 17.6 Å². The molecule has 0 fully saturated rings. The van der Waals surface area contributed by atoms with Gasteiger partial charge in [0.05, 0.1) is 23.4 Å². The first-order chi connectivity index (χ1) is 6.76.